The summed E-state index contributed by atoms with van der Waals surface area (Å²) in [6, 6.07) is 4.64. The number of halogens is 2. The van der Waals surface area contributed by atoms with Crippen molar-refractivity contribution >= 4 is 11.5 Å². The van der Waals surface area contributed by atoms with Crippen LogP contribution in [0, 0.1) is 21.7 Å². The molecule has 0 radical (unpaired) electrons. The van der Waals surface area contributed by atoms with Crippen LogP contribution in [0.25, 0.3) is 0 Å². The fourth-order valence-corrected chi connectivity index (χ4v) is 3.05. The van der Waals surface area contributed by atoms with E-state index in [1.807, 2.05) is 4.90 Å². The zero-order valence-corrected chi connectivity index (χ0v) is 14.7. The molecule has 1 aliphatic heterocycles. The molecule has 3 rings (SSSR count). The van der Waals surface area contributed by atoms with Crippen molar-refractivity contribution in [2.45, 2.75) is 25.6 Å². The first-order valence-corrected chi connectivity index (χ1v) is 8.47. The minimum atomic E-state index is -0.747. The Morgan fingerprint density at radius 1 is 1.30 bits per heavy atom. The molecular formula is C18H19F2N3O4. The Morgan fingerprint density at radius 2 is 2.04 bits per heavy atom. The molecule has 1 aromatic carbocycles. The van der Waals surface area contributed by atoms with E-state index in [2.05, 4.69) is 4.98 Å². The highest BCUT2D eigenvalue weighted by molar-refractivity contribution is 5.58. The van der Waals surface area contributed by atoms with Crippen molar-refractivity contribution in [3.8, 4) is 5.75 Å². The van der Waals surface area contributed by atoms with Crippen LogP contribution in [0.2, 0.25) is 0 Å². The zero-order valence-electron chi connectivity index (χ0n) is 14.7. The predicted molar refractivity (Wildman–Crippen MR) is 93.8 cm³/mol. The van der Waals surface area contributed by atoms with E-state index < -0.39 is 16.6 Å². The van der Waals surface area contributed by atoms with Crippen LogP contribution in [0.1, 0.15) is 18.4 Å². The summed E-state index contributed by atoms with van der Waals surface area (Å²) in [6.07, 6.45) is 2.38. The molecule has 27 heavy (non-hydrogen) atoms. The number of rotatable bonds is 6. The Labute approximate surface area is 154 Å². The van der Waals surface area contributed by atoms with E-state index in [0.29, 0.717) is 37.3 Å². The SMILES string of the molecule is COCc1cnc(N2CCC(Oc3ccc(F)cc3F)CC2)c([N+](=O)[O-])c1. The van der Waals surface area contributed by atoms with Gasteiger partial charge in [-0.25, -0.2) is 13.8 Å². The van der Waals surface area contributed by atoms with Gasteiger partial charge in [-0.2, -0.15) is 0 Å². The number of nitrogens with zero attached hydrogens (tertiary/aromatic N) is 3. The van der Waals surface area contributed by atoms with Gasteiger partial charge < -0.3 is 14.4 Å². The highest BCUT2D eigenvalue weighted by Crippen LogP contribution is 2.30. The Hall–Kier alpha value is -2.81. The van der Waals surface area contributed by atoms with Gasteiger partial charge in [-0.15, -0.1) is 0 Å². The van der Waals surface area contributed by atoms with Crippen molar-refractivity contribution in [3.05, 3.63) is 57.8 Å². The van der Waals surface area contributed by atoms with Crippen LogP contribution in [0.4, 0.5) is 20.3 Å². The highest BCUT2D eigenvalue weighted by Gasteiger charge is 2.27. The number of piperidine rings is 1. The average molecular weight is 379 g/mol. The molecule has 0 saturated carbocycles. The Balaban J connectivity index is 1.67. The zero-order chi connectivity index (χ0) is 19.4. The smallest absolute Gasteiger partial charge is 0.311 e. The maximum absolute atomic E-state index is 13.7. The molecule has 1 aromatic heterocycles. The van der Waals surface area contributed by atoms with E-state index in [9.17, 15) is 18.9 Å². The second-order valence-electron chi connectivity index (χ2n) is 6.26. The van der Waals surface area contributed by atoms with Gasteiger partial charge in [0.25, 0.3) is 0 Å². The quantitative estimate of drug-likeness (QED) is 0.565. The summed E-state index contributed by atoms with van der Waals surface area (Å²) in [5.41, 5.74) is 0.548. The molecule has 0 N–H and O–H groups in total. The van der Waals surface area contributed by atoms with Gasteiger partial charge in [-0.3, -0.25) is 10.1 Å². The van der Waals surface area contributed by atoms with Gasteiger partial charge in [0.05, 0.1) is 11.5 Å². The van der Waals surface area contributed by atoms with Crippen LogP contribution in [0.3, 0.4) is 0 Å². The lowest BCUT2D eigenvalue weighted by molar-refractivity contribution is -0.384. The minimum absolute atomic E-state index is 0.00266. The maximum Gasteiger partial charge on any atom is 0.311 e. The minimum Gasteiger partial charge on any atom is -0.487 e. The summed E-state index contributed by atoms with van der Waals surface area (Å²) in [6.45, 7) is 1.20. The highest BCUT2D eigenvalue weighted by atomic mass is 19.1. The lowest BCUT2D eigenvalue weighted by Crippen LogP contribution is -2.39. The van der Waals surface area contributed by atoms with Crippen molar-refractivity contribution in [2.75, 3.05) is 25.1 Å². The fraction of sp³-hybridized carbons (Fsp3) is 0.389. The third-order valence-electron chi connectivity index (χ3n) is 4.34. The molecule has 0 unspecified atom stereocenters. The van der Waals surface area contributed by atoms with Crippen LogP contribution in [-0.4, -0.2) is 36.2 Å². The molecule has 9 heteroatoms. The lowest BCUT2D eigenvalue weighted by atomic mass is 10.1. The van der Waals surface area contributed by atoms with E-state index in [1.54, 1.807) is 6.20 Å². The van der Waals surface area contributed by atoms with Gasteiger partial charge >= 0.3 is 5.69 Å². The standard InChI is InChI=1S/C18H19F2N3O4/c1-26-11-12-8-16(23(24)25)18(21-10-12)22-6-4-14(5-7-22)27-17-3-2-13(19)9-15(17)20/h2-3,8-10,14H,4-7,11H2,1H3. The first-order chi connectivity index (χ1) is 13.0. The summed E-state index contributed by atoms with van der Waals surface area (Å²) < 4.78 is 37.3. The molecule has 0 spiro atoms. The topological polar surface area (TPSA) is 77.7 Å². The maximum atomic E-state index is 13.7. The van der Waals surface area contributed by atoms with Crippen LogP contribution >= 0.6 is 0 Å². The number of hydrogen-bond acceptors (Lipinski definition) is 6. The number of nitro groups is 1. The summed E-state index contributed by atoms with van der Waals surface area (Å²) >= 11 is 0. The number of methoxy groups -OCH3 is 1. The summed E-state index contributed by atoms with van der Waals surface area (Å²) in [7, 11) is 1.51. The van der Waals surface area contributed by atoms with Crippen molar-refractivity contribution in [1.82, 2.24) is 4.98 Å². The molecule has 7 nitrogen and oxygen atoms in total. The molecule has 1 aliphatic rings. The van der Waals surface area contributed by atoms with Crippen molar-refractivity contribution < 1.29 is 23.2 Å². The third kappa shape index (κ3) is 4.48. The molecular weight excluding hydrogens is 360 g/mol. The monoisotopic (exact) mass is 379 g/mol. The molecule has 144 valence electrons. The molecule has 0 aliphatic carbocycles. The van der Waals surface area contributed by atoms with Crippen LogP contribution < -0.4 is 9.64 Å². The van der Waals surface area contributed by atoms with E-state index in [1.165, 1.54) is 19.2 Å². The summed E-state index contributed by atoms with van der Waals surface area (Å²) in [5, 5.41) is 11.4. The van der Waals surface area contributed by atoms with Crippen LogP contribution in [-0.2, 0) is 11.3 Å². The fourth-order valence-electron chi connectivity index (χ4n) is 3.05. The van der Waals surface area contributed by atoms with E-state index in [-0.39, 0.29) is 24.1 Å². The Bertz CT molecular complexity index is 826. The largest absolute Gasteiger partial charge is 0.487 e. The van der Waals surface area contributed by atoms with Gasteiger partial charge in [-0.1, -0.05) is 0 Å². The third-order valence-corrected chi connectivity index (χ3v) is 4.34. The number of aromatic nitrogens is 1. The van der Waals surface area contributed by atoms with Gasteiger partial charge in [0.2, 0.25) is 5.82 Å². The second kappa shape index (κ2) is 8.26. The van der Waals surface area contributed by atoms with Crippen LogP contribution in [0.15, 0.2) is 30.5 Å². The first kappa shape index (κ1) is 19.0. The molecule has 1 fully saturated rings. The van der Waals surface area contributed by atoms with Crippen molar-refractivity contribution in [2.24, 2.45) is 0 Å². The van der Waals surface area contributed by atoms with Crippen molar-refractivity contribution in [1.29, 1.82) is 0 Å². The number of pyridine rings is 1. The molecule has 2 heterocycles. The summed E-state index contributed by atoms with van der Waals surface area (Å²) in [4.78, 5) is 17.0. The number of benzene rings is 1. The van der Waals surface area contributed by atoms with Crippen LogP contribution in [0.5, 0.6) is 5.75 Å². The number of ether oxygens (including phenoxy) is 2. The summed E-state index contributed by atoms with van der Waals surface area (Å²) in [5.74, 6) is -1.11. The van der Waals surface area contributed by atoms with E-state index in [4.69, 9.17) is 9.47 Å². The van der Waals surface area contributed by atoms with Gasteiger partial charge in [-0.05, 0) is 12.1 Å². The van der Waals surface area contributed by atoms with Gasteiger partial charge in [0.1, 0.15) is 11.9 Å². The Morgan fingerprint density at radius 3 is 2.67 bits per heavy atom. The number of anilines is 1. The predicted octanol–water partition coefficient (Wildman–Crippen LogP) is 3.46. The number of hydrogen-bond donors (Lipinski definition) is 0. The molecule has 1 saturated heterocycles. The van der Waals surface area contributed by atoms with Crippen molar-refractivity contribution in [3.63, 3.8) is 0 Å². The second-order valence-corrected chi connectivity index (χ2v) is 6.26. The first-order valence-electron chi connectivity index (χ1n) is 8.47. The molecule has 0 amide bonds. The molecule has 0 bridgehead atoms. The van der Waals surface area contributed by atoms with E-state index >= 15 is 0 Å². The van der Waals surface area contributed by atoms with Gasteiger partial charge in [0.15, 0.2) is 11.6 Å². The molecule has 2 aromatic rings. The normalized spacial score (nSPS) is 15.0. The molecule has 0 atom stereocenters. The average Bonchev–Trinajstić information content (AvgIpc) is 2.65. The van der Waals surface area contributed by atoms with Gasteiger partial charge in [0, 0.05) is 56.9 Å². The lowest BCUT2D eigenvalue weighted by Gasteiger charge is -2.32. The van der Waals surface area contributed by atoms with E-state index in [0.717, 1.165) is 12.1 Å². The Kier molecular flexibility index (Phi) is 5.80.